The van der Waals surface area contributed by atoms with E-state index in [-0.39, 0.29) is 5.69 Å². The van der Waals surface area contributed by atoms with Gasteiger partial charge in [-0.15, -0.1) is 11.3 Å². The fourth-order valence-corrected chi connectivity index (χ4v) is 2.66. The Hall–Kier alpha value is -1.10. The first-order chi connectivity index (χ1) is 7.48. The molecule has 0 atom stereocenters. The van der Waals surface area contributed by atoms with E-state index in [0.717, 1.165) is 31.1 Å². The molecule has 1 fully saturated rings. The molecule has 1 aromatic rings. The number of nitrogens with zero attached hydrogens (tertiary/aromatic N) is 2. The number of rotatable bonds is 2. The lowest BCUT2D eigenvalue weighted by atomic mass is 9.83. The monoisotopic (exact) mass is 240 g/mol. The molecule has 0 bridgehead atoms. The normalized spacial score (nSPS) is 19.8. The molecule has 1 aliphatic rings. The minimum absolute atomic E-state index is 0.157. The summed E-state index contributed by atoms with van der Waals surface area (Å²) in [6.07, 6.45) is 2.27. The van der Waals surface area contributed by atoms with Crippen LogP contribution >= 0.6 is 11.3 Å². The number of piperidine rings is 1. The van der Waals surface area contributed by atoms with E-state index in [1.165, 1.54) is 11.3 Å². The molecule has 0 unspecified atom stereocenters. The lowest BCUT2D eigenvalue weighted by Gasteiger charge is -2.36. The van der Waals surface area contributed by atoms with Gasteiger partial charge in [-0.25, -0.2) is 9.78 Å². The van der Waals surface area contributed by atoms with Crippen LogP contribution in [-0.4, -0.2) is 29.1 Å². The van der Waals surface area contributed by atoms with Gasteiger partial charge in [-0.1, -0.05) is 13.8 Å². The van der Waals surface area contributed by atoms with Gasteiger partial charge < -0.3 is 10.0 Å². The fourth-order valence-electron chi connectivity index (χ4n) is 1.81. The molecular formula is C11H16N2O2S. The number of hydrogen-bond donors (Lipinski definition) is 1. The van der Waals surface area contributed by atoms with E-state index >= 15 is 0 Å². The highest BCUT2D eigenvalue weighted by Gasteiger charge is 2.26. The third-order valence-corrected chi connectivity index (χ3v) is 4.00. The molecule has 0 amide bonds. The summed E-state index contributed by atoms with van der Waals surface area (Å²) < 4.78 is 0. The summed E-state index contributed by atoms with van der Waals surface area (Å²) in [5.41, 5.74) is 0.563. The van der Waals surface area contributed by atoms with Crippen LogP contribution in [0.3, 0.4) is 0 Å². The number of aromatic carboxylic acids is 1. The average Bonchev–Trinajstić information content (AvgIpc) is 2.66. The molecule has 1 saturated heterocycles. The van der Waals surface area contributed by atoms with E-state index in [1.54, 1.807) is 5.38 Å². The number of carbonyl (C=O) groups is 1. The quantitative estimate of drug-likeness (QED) is 0.862. The lowest BCUT2D eigenvalue weighted by Crippen LogP contribution is -2.37. The summed E-state index contributed by atoms with van der Waals surface area (Å²) in [4.78, 5) is 17.0. The predicted molar refractivity (Wildman–Crippen MR) is 64.3 cm³/mol. The van der Waals surface area contributed by atoms with E-state index in [0.29, 0.717) is 5.41 Å². The number of carboxylic acid groups (broad SMARTS) is 1. The van der Waals surface area contributed by atoms with E-state index < -0.39 is 5.97 Å². The Morgan fingerprint density at radius 1 is 1.50 bits per heavy atom. The molecule has 16 heavy (non-hydrogen) atoms. The Labute approximate surface area is 98.9 Å². The summed E-state index contributed by atoms with van der Waals surface area (Å²) in [6.45, 7) is 6.49. The zero-order valence-electron chi connectivity index (χ0n) is 9.56. The maximum atomic E-state index is 10.7. The van der Waals surface area contributed by atoms with E-state index in [1.807, 2.05) is 0 Å². The second-order valence-electron chi connectivity index (χ2n) is 4.97. The largest absolute Gasteiger partial charge is 0.476 e. The third-order valence-electron chi connectivity index (χ3n) is 3.10. The van der Waals surface area contributed by atoms with Gasteiger partial charge in [0.25, 0.3) is 0 Å². The van der Waals surface area contributed by atoms with Crippen molar-refractivity contribution in [2.45, 2.75) is 26.7 Å². The molecule has 88 valence electrons. The Morgan fingerprint density at radius 3 is 2.62 bits per heavy atom. The van der Waals surface area contributed by atoms with Crippen molar-refractivity contribution >= 4 is 22.4 Å². The third kappa shape index (κ3) is 2.35. The highest BCUT2D eigenvalue weighted by atomic mass is 32.1. The maximum Gasteiger partial charge on any atom is 0.355 e. The van der Waals surface area contributed by atoms with Crippen LogP contribution < -0.4 is 4.90 Å². The van der Waals surface area contributed by atoms with Crippen LogP contribution in [0.1, 0.15) is 37.2 Å². The number of hydrogen-bond acceptors (Lipinski definition) is 4. The van der Waals surface area contributed by atoms with Crippen molar-refractivity contribution in [1.82, 2.24) is 4.98 Å². The van der Waals surface area contributed by atoms with Crippen LogP contribution in [0.15, 0.2) is 5.38 Å². The Kier molecular flexibility index (Phi) is 2.88. The Bertz CT molecular complexity index is 390. The molecule has 1 N–H and O–H groups in total. The second kappa shape index (κ2) is 4.05. The molecule has 5 heteroatoms. The van der Waals surface area contributed by atoms with Gasteiger partial charge >= 0.3 is 5.97 Å². The van der Waals surface area contributed by atoms with E-state index in [9.17, 15) is 4.79 Å². The molecule has 2 rings (SSSR count). The number of aromatic nitrogens is 1. The predicted octanol–water partition coefficient (Wildman–Crippen LogP) is 2.47. The molecule has 0 spiro atoms. The molecular weight excluding hydrogens is 224 g/mol. The van der Waals surface area contributed by atoms with Crippen LogP contribution in [-0.2, 0) is 0 Å². The van der Waals surface area contributed by atoms with Gasteiger partial charge in [-0.3, -0.25) is 0 Å². The smallest absolute Gasteiger partial charge is 0.355 e. The summed E-state index contributed by atoms with van der Waals surface area (Å²) >= 11 is 1.42. The van der Waals surface area contributed by atoms with Crippen LogP contribution in [0.2, 0.25) is 0 Å². The molecule has 0 aromatic carbocycles. The maximum absolute atomic E-state index is 10.7. The summed E-state index contributed by atoms with van der Waals surface area (Å²) in [5.74, 6) is -0.945. The Morgan fingerprint density at radius 2 is 2.12 bits per heavy atom. The van der Waals surface area contributed by atoms with Crippen LogP contribution in [0.4, 0.5) is 5.13 Å². The molecule has 0 saturated carbocycles. The summed E-state index contributed by atoms with van der Waals surface area (Å²) in [7, 11) is 0. The average molecular weight is 240 g/mol. The zero-order chi connectivity index (χ0) is 11.8. The van der Waals surface area contributed by atoms with Gasteiger partial charge in [-0.2, -0.15) is 0 Å². The van der Waals surface area contributed by atoms with E-state index in [4.69, 9.17) is 5.11 Å². The highest BCUT2D eigenvalue weighted by Crippen LogP contribution is 2.33. The van der Waals surface area contributed by atoms with Gasteiger partial charge in [0, 0.05) is 18.5 Å². The standard InChI is InChI=1S/C11H16N2O2S/c1-11(2)3-5-13(6-4-11)10-12-8(7-16-10)9(14)15/h7H,3-6H2,1-2H3,(H,14,15). The first-order valence-electron chi connectivity index (χ1n) is 5.42. The summed E-state index contributed by atoms with van der Waals surface area (Å²) in [5, 5.41) is 11.3. The second-order valence-corrected chi connectivity index (χ2v) is 5.81. The summed E-state index contributed by atoms with van der Waals surface area (Å²) in [6, 6.07) is 0. The van der Waals surface area contributed by atoms with Crippen LogP contribution in [0, 0.1) is 5.41 Å². The molecule has 0 aliphatic carbocycles. The zero-order valence-corrected chi connectivity index (χ0v) is 10.4. The molecule has 1 aromatic heterocycles. The topological polar surface area (TPSA) is 53.4 Å². The first-order valence-corrected chi connectivity index (χ1v) is 6.30. The Balaban J connectivity index is 2.05. The molecule has 2 heterocycles. The van der Waals surface area contributed by atoms with Gasteiger partial charge in [0.15, 0.2) is 10.8 Å². The van der Waals surface area contributed by atoms with Gasteiger partial charge in [-0.05, 0) is 18.3 Å². The van der Waals surface area contributed by atoms with Crippen molar-refractivity contribution in [1.29, 1.82) is 0 Å². The van der Waals surface area contributed by atoms with Crippen molar-refractivity contribution < 1.29 is 9.90 Å². The molecule has 4 nitrogen and oxygen atoms in total. The van der Waals surface area contributed by atoms with Crippen molar-refractivity contribution in [3.05, 3.63) is 11.1 Å². The highest BCUT2D eigenvalue weighted by molar-refractivity contribution is 7.13. The molecule has 1 aliphatic heterocycles. The van der Waals surface area contributed by atoms with Crippen molar-refractivity contribution in [3.8, 4) is 0 Å². The fraction of sp³-hybridized carbons (Fsp3) is 0.636. The van der Waals surface area contributed by atoms with E-state index in [2.05, 4.69) is 23.7 Å². The first kappa shape index (κ1) is 11.4. The van der Waals surface area contributed by atoms with Gasteiger partial charge in [0.2, 0.25) is 0 Å². The van der Waals surface area contributed by atoms with Crippen LogP contribution in [0.25, 0.3) is 0 Å². The minimum atomic E-state index is -0.945. The van der Waals surface area contributed by atoms with Crippen LogP contribution in [0.5, 0.6) is 0 Å². The van der Waals surface area contributed by atoms with Gasteiger partial charge in [0.05, 0.1) is 0 Å². The number of carboxylic acids is 1. The minimum Gasteiger partial charge on any atom is -0.476 e. The number of thiazole rings is 1. The van der Waals surface area contributed by atoms with Crippen molar-refractivity contribution in [3.63, 3.8) is 0 Å². The lowest BCUT2D eigenvalue weighted by molar-refractivity contribution is 0.0691. The van der Waals surface area contributed by atoms with Gasteiger partial charge in [0.1, 0.15) is 0 Å². The molecule has 0 radical (unpaired) electrons. The van der Waals surface area contributed by atoms with Crippen molar-refractivity contribution in [2.75, 3.05) is 18.0 Å². The SMILES string of the molecule is CC1(C)CCN(c2nc(C(=O)O)cs2)CC1. The number of anilines is 1. The van der Waals surface area contributed by atoms with Crippen molar-refractivity contribution in [2.24, 2.45) is 5.41 Å².